The minimum absolute atomic E-state index is 0.895. The highest BCUT2D eigenvalue weighted by atomic mass is 15.5. The van der Waals surface area contributed by atoms with E-state index in [2.05, 4.69) is 11.7 Å². The summed E-state index contributed by atoms with van der Waals surface area (Å²) in [5.41, 5.74) is 2.19. The molecular weight excluding hydrogens is 100 g/mol. The molecule has 0 spiro atoms. The summed E-state index contributed by atoms with van der Waals surface area (Å²) in [5.74, 6) is 0. The molecule has 2 nitrogen and oxygen atoms in total. The Kier molecular flexibility index (Phi) is 1.08. The van der Waals surface area contributed by atoms with Gasteiger partial charge >= 0.3 is 0 Å². The third-order valence-corrected chi connectivity index (χ3v) is 1.25. The summed E-state index contributed by atoms with van der Waals surface area (Å²) in [6.45, 7) is 6.69. The number of hydrogen-bond donors (Lipinski definition) is 0. The van der Waals surface area contributed by atoms with Gasteiger partial charge in [-0.15, -0.1) is 0 Å². The molecule has 0 amide bonds. The predicted molar refractivity (Wildman–Crippen MR) is 34.9 cm³/mol. The summed E-state index contributed by atoms with van der Waals surface area (Å²) >= 11 is 0. The van der Waals surface area contributed by atoms with Crippen molar-refractivity contribution < 1.29 is 0 Å². The van der Waals surface area contributed by atoms with Crippen LogP contribution in [-0.4, -0.2) is 24.3 Å². The maximum Gasteiger partial charge on any atom is 0.0620 e. The fourth-order valence-electron chi connectivity index (χ4n) is 0.753. The zero-order chi connectivity index (χ0) is 6.15. The molecule has 0 unspecified atom stereocenters. The van der Waals surface area contributed by atoms with Crippen LogP contribution in [-0.2, 0) is 0 Å². The molecule has 0 aromatic heterocycles. The SMILES string of the molecule is C=C1CN(C)N=C1C. The van der Waals surface area contributed by atoms with Crippen LogP contribution in [0.2, 0.25) is 0 Å². The van der Waals surface area contributed by atoms with Crippen LogP contribution in [0.1, 0.15) is 6.92 Å². The summed E-state index contributed by atoms with van der Waals surface area (Å²) in [6.07, 6.45) is 0. The Bertz CT molecular complexity index is 147. The summed E-state index contributed by atoms with van der Waals surface area (Å²) in [4.78, 5) is 0. The molecule has 0 bridgehead atoms. The number of hydrogen-bond acceptors (Lipinski definition) is 2. The molecule has 0 radical (unpaired) electrons. The average Bonchev–Trinajstić information content (AvgIpc) is 1.85. The van der Waals surface area contributed by atoms with Crippen LogP contribution in [0.3, 0.4) is 0 Å². The van der Waals surface area contributed by atoms with E-state index in [1.807, 2.05) is 19.0 Å². The Morgan fingerprint density at radius 1 is 1.75 bits per heavy atom. The van der Waals surface area contributed by atoms with E-state index >= 15 is 0 Å². The highest BCUT2D eigenvalue weighted by molar-refractivity contribution is 5.99. The van der Waals surface area contributed by atoms with E-state index < -0.39 is 0 Å². The predicted octanol–water partition coefficient (Wildman–Crippen LogP) is 0.864. The molecule has 8 heavy (non-hydrogen) atoms. The monoisotopic (exact) mass is 110 g/mol. The van der Waals surface area contributed by atoms with Gasteiger partial charge in [0, 0.05) is 7.05 Å². The van der Waals surface area contributed by atoms with Gasteiger partial charge in [0.1, 0.15) is 0 Å². The lowest BCUT2D eigenvalue weighted by Gasteiger charge is -2.01. The lowest BCUT2D eigenvalue weighted by Crippen LogP contribution is -2.05. The van der Waals surface area contributed by atoms with Crippen molar-refractivity contribution in [2.24, 2.45) is 5.10 Å². The van der Waals surface area contributed by atoms with Crippen LogP contribution in [0, 0.1) is 0 Å². The van der Waals surface area contributed by atoms with Gasteiger partial charge in [0.25, 0.3) is 0 Å². The molecule has 0 N–H and O–H groups in total. The number of hydrazone groups is 1. The third kappa shape index (κ3) is 0.735. The lowest BCUT2D eigenvalue weighted by molar-refractivity contribution is 0.410. The zero-order valence-electron chi connectivity index (χ0n) is 5.31. The second-order valence-electron chi connectivity index (χ2n) is 2.10. The van der Waals surface area contributed by atoms with Gasteiger partial charge in [-0.3, -0.25) is 5.01 Å². The fraction of sp³-hybridized carbons (Fsp3) is 0.500. The van der Waals surface area contributed by atoms with Gasteiger partial charge in [-0.2, -0.15) is 5.10 Å². The minimum atomic E-state index is 0.895. The molecular formula is C6H10N2. The molecule has 0 aromatic rings. The first kappa shape index (κ1) is 5.35. The van der Waals surface area contributed by atoms with Gasteiger partial charge in [-0.05, 0) is 12.5 Å². The summed E-state index contributed by atoms with van der Waals surface area (Å²) in [7, 11) is 1.95. The molecule has 44 valence electrons. The normalized spacial score (nSPS) is 19.5. The Morgan fingerprint density at radius 3 is 2.50 bits per heavy atom. The van der Waals surface area contributed by atoms with Gasteiger partial charge in [0.2, 0.25) is 0 Å². The first-order chi connectivity index (χ1) is 3.70. The molecule has 0 aromatic carbocycles. The zero-order valence-corrected chi connectivity index (χ0v) is 5.31. The van der Waals surface area contributed by atoms with Crippen LogP contribution in [0.25, 0.3) is 0 Å². The molecule has 0 saturated heterocycles. The first-order valence-corrected chi connectivity index (χ1v) is 2.64. The number of rotatable bonds is 0. The van der Waals surface area contributed by atoms with Crippen molar-refractivity contribution in [1.82, 2.24) is 5.01 Å². The van der Waals surface area contributed by atoms with Crippen molar-refractivity contribution in [3.63, 3.8) is 0 Å². The maximum atomic E-state index is 4.12. The summed E-state index contributed by atoms with van der Waals surface area (Å²) < 4.78 is 0. The van der Waals surface area contributed by atoms with Gasteiger partial charge in [0.05, 0.1) is 12.3 Å². The van der Waals surface area contributed by atoms with E-state index in [-0.39, 0.29) is 0 Å². The number of nitrogens with zero attached hydrogens (tertiary/aromatic N) is 2. The van der Waals surface area contributed by atoms with Gasteiger partial charge in [-0.1, -0.05) is 6.58 Å². The Morgan fingerprint density at radius 2 is 2.38 bits per heavy atom. The third-order valence-electron chi connectivity index (χ3n) is 1.25. The van der Waals surface area contributed by atoms with Crippen LogP contribution in [0.15, 0.2) is 17.3 Å². The topological polar surface area (TPSA) is 15.6 Å². The van der Waals surface area contributed by atoms with Gasteiger partial charge in [0.15, 0.2) is 0 Å². The Hall–Kier alpha value is -0.790. The summed E-state index contributed by atoms with van der Waals surface area (Å²) in [6, 6.07) is 0. The molecule has 1 heterocycles. The van der Waals surface area contributed by atoms with E-state index in [1.165, 1.54) is 0 Å². The second kappa shape index (κ2) is 1.62. The smallest absolute Gasteiger partial charge is 0.0620 e. The fourth-order valence-corrected chi connectivity index (χ4v) is 0.753. The highest BCUT2D eigenvalue weighted by Crippen LogP contribution is 2.06. The van der Waals surface area contributed by atoms with E-state index in [9.17, 15) is 0 Å². The van der Waals surface area contributed by atoms with Crippen molar-refractivity contribution in [3.8, 4) is 0 Å². The van der Waals surface area contributed by atoms with Crippen LogP contribution < -0.4 is 0 Å². The van der Waals surface area contributed by atoms with Crippen molar-refractivity contribution in [2.45, 2.75) is 6.92 Å². The first-order valence-electron chi connectivity index (χ1n) is 2.64. The van der Waals surface area contributed by atoms with Crippen molar-refractivity contribution >= 4 is 5.71 Å². The molecule has 1 aliphatic rings. The lowest BCUT2D eigenvalue weighted by atomic mass is 10.2. The average molecular weight is 110 g/mol. The van der Waals surface area contributed by atoms with Crippen LogP contribution >= 0.6 is 0 Å². The van der Waals surface area contributed by atoms with Crippen molar-refractivity contribution in [1.29, 1.82) is 0 Å². The largest absolute Gasteiger partial charge is 0.295 e. The van der Waals surface area contributed by atoms with Crippen molar-refractivity contribution in [3.05, 3.63) is 12.2 Å². The van der Waals surface area contributed by atoms with E-state index in [0.717, 1.165) is 17.8 Å². The molecule has 1 rings (SSSR count). The molecule has 0 saturated carbocycles. The highest BCUT2D eigenvalue weighted by Gasteiger charge is 2.08. The maximum absolute atomic E-state index is 4.12. The molecule has 0 aliphatic carbocycles. The van der Waals surface area contributed by atoms with E-state index in [0.29, 0.717) is 0 Å². The molecule has 1 aliphatic heterocycles. The molecule has 0 atom stereocenters. The number of likely N-dealkylation sites (N-methyl/N-ethyl adjacent to an activating group) is 1. The van der Waals surface area contributed by atoms with Gasteiger partial charge < -0.3 is 0 Å². The second-order valence-corrected chi connectivity index (χ2v) is 2.10. The van der Waals surface area contributed by atoms with E-state index in [4.69, 9.17) is 0 Å². The van der Waals surface area contributed by atoms with E-state index in [1.54, 1.807) is 0 Å². The van der Waals surface area contributed by atoms with Crippen LogP contribution in [0.5, 0.6) is 0 Å². The minimum Gasteiger partial charge on any atom is -0.295 e. The molecule has 0 fully saturated rings. The standard InChI is InChI=1S/C6H10N2/c1-5-4-8(3)7-6(5)2/h1,4H2,2-3H3. The Labute approximate surface area is 49.5 Å². The summed E-state index contributed by atoms with van der Waals surface area (Å²) in [5, 5.41) is 6.01. The van der Waals surface area contributed by atoms with Gasteiger partial charge in [-0.25, -0.2) is 0 Å². The Balaban J connectivity index is 2.73. The quantitative estimate of drug-likeness (QED) is 0.451. The molecule has 2 heteroatoms. The van der Waals surface area contributed by atoms with Crippen molar-refractivity contribution in [2.75, 3.05) is 13.6 Å². The van der Waals surface area contributed by atoms with Crippen LogP contribution in [0.4, 0.5) is 0 Å².